The van der Waals surface area contributed by atoms with Gasteiger partial charge in [0.15, 0.2) is 0 Å². The first-order chi connectivity index (χ1) is 12.2. The van der Waals surface area contributed by atoms with E-state index in [1.807, 2.05) is 30.3 Å². The number of carbonyl (C=O) groups is 3. The molecule has 1 unspecified atom stereocenters. The number of aliphatic hydroxyl groups is 1. The van der Waals surface area contributed by atoms with Crippen LogP contribution in [0.1, 0.15) is 25.8 Å². The molecule has 0 aliphatic heterocycles. The lowest BCUT2D eigenvalue weighted by atomic mass is 9.71. The Balaban J connectivity index is 2.95. The van der Waals surface area contributed by atoms with Crippen LogP contribution in [0.5, 0.6) is 0 Å². The van der Waals surface area contributed by atoms with Gasteiger partial charge in [-0.3, -0.25) is 14.4 Å². The summed E-state index contributed by atoms with van der Waals surface area (Å²) in [6, 6.07) is 9.11. The number of rotatable bonds is 11. The van der Waals surface area contributed by atoms with E-state index in [1.165, 1.54) is 6.92 Å². The first kappa shape index (κ1) is 21.6. The molecule has 144 valence electrons. The van der Waals surface area contributed by atoms with E-state index in [9.17, 15) is 24.6 Å². The predicted octanol–water partition coefficient (Wildman–Crippen LogP) is 1.31. The van der Waals surface area contributed by atoms with Crippen molar-refractivity contribution >= 4 is 17.9 Å². The molecule has 0 saturated heterocycles. The molecule has 0 amide bonds. The van der Waals surface area contributed by atoms with Crippen LogP contribution in [0.3, 0.4) is 0 Å². The number of esters is 1. The number of aliphatic carboxylic acids is 2. The van der Waals surface area contributed by atoms with Crippen LogP contribution in [0.15, 0.2) is 30.3 Å². The molecule has 1 aromatic carbocycles. The lowest BCUT2D eigenvalue weighted by molar-refractivity contribution is -0.167. The van der Waals surface area contributed by atoms with Crippen LogP contribution in [0, 0.1) is 11.3 Å². The van der Waals surface area contributed by atoms with Crippen LogP contribution in [0.25, 0.3) is 0 Å². The molecule has 8 heteroatoms. The van der Waals surface area contributed by atoms with Gasteiger partial charge in [-0.25, -0.2) is 0 Å². The van der Waals surface area contributed by atoms with E-state index in [2.05, 4.69) is 0 Å². The monoisotopic (exact) mass is 368 g/mol. The molecule has 0 saturated carbocycles. The summed E-state index contributed by atoms with van der Waals surface area (Å²) in [6.07, 6.45) is -2.11. The largest absolute Gasteiger partial charge is 0.481 e. The van der Waals surface area contributed by atoms with Crippen molar-refractivity contribution in [1.82, 2.24) is 0 Å². The van der Waals surface area contributed by atoms with Gasteiger partial charge in [0.2, 0.25) is 0 Å². The minimum absolute atomic E-state index is 0.163. The molecule has 0 aliphatic rings. The highest BCUT2D eigenvalue weighted by molar-refractivity contribution is 5.78. The molecule has 3 atom stereocenters. The lowest BCUT2D eigenvalue weighted by Gasteiger charge is -2.38. The third-order valence-electron chi connectivity index (χ3n) is 4.20. The molecule has 0 fully saturated rings. The standard InChI is InChI=1S/C18H24O8/c1-12(19)26-10-15(20)18(2,14(17(23)24)8-16(21)22)11-25-9-13-6-4-3-5-7-13/h3-7,14-15,20H,8-11H2,1-2H3,(H,21,22)(H,23,24)/t14?,15-,18+/m1/s1. The quantitative estimate of drug-likeness (QED) is 0.498. The average molecular weight is 368 g/mol. The summed E-state index contributed by atoms with van der Waals surface area (Å²) in [5, 5.41) is 28.9. The molecule has 26 heavy (non-hydrogen) atoms. The van der Waals surface area contributed by atoms with E-state index in [0.717, 1.165) is 12.5 Å². The second-order valence-electron chi connectivity index (χ2n) is 6.29. The SMILES string of the molecule is CC(=O)OC[C@@H](O)[C@@](C)(COCc1ccccc1)C(CC(=O)O)C(=O)O. The van der Waals surface area contributed by atoms with Gasteiger partial charge in [-0.15, -0.1) is 0 Å². The third kappa shape index (κ3) is 6.45. The molecule has 3 N–H and O–H groups in total. The van der Waals surface area contributed by atoms with Crippen LogP contribution in [-0.4, -0.2) is 52.5 Å². The Morgan fingerprint density at radius 1 is 1.15 bits per heavy atom. The Bertz CT molecular complexity index is 615. The summed E-state index contributed by atoms with van der Waals surface area (Å²) < 4.78 is 10.3. The second kappa shape index (κ2) is 9.88. The van der Waals surface area contributed by atoms with Gasteiger partial charge in [-0.1, -0.05) is 37.3 Å². The zero-order valence-electron chi connectivity index (χ0n) is 14.8. The molecule has 0 radical (unpaired) electrons. The van der Waals surface area contributed by atoms with Crippen LogP contribution < -0.4 is 0 Å². The minimum atomic E-state index is -1.48. The van der Waals surface area contributed by atoms with Gasteiger partial charge < -0.3 is 24.8 Å². The van der Waals surface area contributed by atoms with Crippen molar-refractivity contribution in [1.29, 1.82) is 0 Å². The molecular weight excluding hydrogens is 344 g/mol. The van der Waals surface area contributed by atoms with Gasteiger partial charge in [-0.2, -0.15) is 0 Å². The summed E-state index contributed by atoms with van der Waals surface area (Å²) in [7, 11) is 0. The van der Waals surface area contributed by atoms with Crippen LogP contribution in [0.2, 0.25) is 0 Å². The van der Waals surface area contributed by atoms with Crippen molar-refractivity contribution in [2.24, 2.45) is 11.3 Å². The Kier molecular flexibility index (Phi) is 8.21. The van der Waals surface area contributed by atoms with Crippen molar-refractivity contribution in [3.05, 3.63) is 35.9 Å². The van der Waals surface area contributed by atoms with Crippen molar-refractivity contribution in [3.63, 3.8) is 0 Å². The lowest BCUT2D eigenvalue weighted by Crippen LogP contribution is -2.49. The Hall–Kier alpha value is -2.45. The first-order valence-corrected chi connectivity index (χ1v) is 8.04. The third-order valence-corrected chi connectivity index (χ3v) is 4.20. The summed E-state index contributed by atoms with van der Waals surface area (Å²) in [4.78, 5) is 33.7. The van der Waals surface area contributed by atoms with Gasteiger partial charge in [0.1, 0.15) is 6.61 Å². The number of carboxylic acids is 2. The van der Waals surface area contributed by atoms with Gasteiger partial charge in [0.25, 0.3) is 0 Å². The summed E-state index contributed by atoms with van der Waals surface area (Å²) in [5.41, 5.74) is -0.636. The number of hydrogen-bond acceptors (Lipinski definition) is 6. The van der Waals surface area contributed by atoms with E-state index in [1.54, 1.807) is 0 Å². The molecule has 0 aliphatic carbocycles. The zero-order chi connectivity index (χ0) is 19.7. The molecular formula is C18H24O8. The smallest absolute Gasteiger partial charge is 0.307 e. The van der Waals surface area contributed by atoms with Gasteiger partial charge in [0, 0.05) is 12.3 Å². The summed E-state index contributed by atoms with van der Waals surface area (Å²) >= 11 is 0. The number of carbonyl (C=O) groups excluding carboxylic acids is 1. The topological polar surface area (TPSA) is 130 Å². The van der Waals surface area contributed by atoms with Crippen molar-refractivity contribution in [2.75, 3.05) is 13.2 Å². The molecule has 1 aromatic rings. The first-order valence-electron chi connectivity index (χ1n) is 8.04. The summed E-state index contributed by atoms with van der Waals surface area (Å²) in [6.45, 7) is 2.05. The maximum Gasteiger partial charge on any atom is 0.307 e. The fraction of sp³-hybridized carbons (Fsp3) is 0.500. The number of ether oxygens (including phenoxy) is 2. The van der Waals surface area contributed by atoms with E-state index < -0.39 is 48.4 Å². The van der Waals surface area contributed by atoms with Crippen molar-refractivity contribution in [2.45, 2.75) is 33.0 Å². The molecule has 8 nitrogen and oxygen atoms in total. The Morgan fingerprint density at radius 3 is 2.27 bits per heavy atom. The zero-order valence-corrected chi connectivity index (χ0v) is 14.8. The summed E-state index contributed by atoms with van der Waals surface area (Å²) in [5.74, 6) is -4.76. The van der Waals surface area contributed by atoms with Crippen LogP contribution >= 0.6 is 0 Å². The maximum absolute atomic E-state index is 11.6. The normalized spacial score (nSPS) is 15.5. The second-order valence-corrected chi connectivity index (χ2v) is 6.29. The van der Waals surface area contributed by atoms with E-state index in [4.69, 9.17) is 14.6 Å². The Morgan fingerprint density at radius 2 is 1.77 bits per heavy atom. The van der Waals surface area contributed by atoms with Gasteiger partial charge >= 0.3 is 17.9 Å². The van der Waals surface area contributed by atoms with Crippen LogP contribution in [0.4, 0.5) is 0 Å². The fourth-order valence-electron chi connectivity index (χ4n) is 2.56. The number of carboxylic acid groups (broad SMARTS) is 2. The highest BCUT2D eigenvalue weighted by atomic mass is 16.5. The molecule has 0 spiro atoms. The molecule has 0 heterocycles. The van der Waals surface area contributed by atoms with E-state index >= 15 is 0 Å². The maximum atomic E-state index is 11.6. The van der Waals surface area contributed by atoms with Crippen molar-refractivity contribution in [3.8, 4) is 0 Å². The fourth-order valence-corrected chi connectivity index (χ4v) is 2.56. The number of hydrogen-bond donors (Lipinski definition) is 3. The molecule has 1 rings (SSSR count). The van der Waals surface area contributed by atoms with Gasteiger partial charge in [0.05, 0.1) is 31.7 Å². The highest BCUT2D eigenvalue weighted by Gasteiger charge is 2.46. The van der Waals surface area contributed by atoms with Gasteiger partial charge in [-0.05, 0) is 5.56 Å². The molecule has 0 bridgehead atoms. The number of aliphatic hydroxyl groups excluding tert-OH is 1. The minimum Gasteiger partial charge on any atom is -0.481 e. The average Bonchev–Trinajstić information content (AvgIpc) is 2.57. The van der Waals surface area contributed by atoms with E-state index in [-0.39, 0.29) is 13.2 Å². The molecule has 0 aromatic heterocycles. The highest BCUT2D eigenvalue weighted by Crippen LogP contribution is 2.35. The predicted molar refractivity (Wildman–Crippen MR) is 90.2 cm³/mol. The Labute approximate surface area is 151 Å². The van der Waals surface area contributed by atoms with E-state index in [0.29, 0.717) is 0 Å². The van der Waals surface area contributed by atoms with Crippen molar-refractivity contribution < 1.29 is 39.2 Å². The van der Waals surface area contributed by atoms with Crippen LogP contribution in [-0.2, 0) is 30.5 Å². The number of benzene rings is 1.